The minimum absolute atomic E-state index is 0.0157. The van der Waals surface area contributed by atoms with Crippen molar-refractivity contribution in [3.63, 3.8) is 0 Å². The molecule has 20 heavy (non-hydrogen) atoms. The van der Waals surface area contributed by atoms with Crippen LogP contribution in [0.15, 0.2) is 24.3 Å². The first kappa shape index (κ1) is 16.5. The lowest BCUT2D eigenvalue weighted by Crippen LogP contribution is -2.38. The zero-order valence-electron chi connectivity index (χ0n) is 12.7. The Bertz CT molecular complexity index is 403. The molecule has 1 rings (SSSR count). The molecule has 0 fully saturated rings. The van der Waals surface area contributed by atoms with Crippen LogP contribution in [-0.2, 0) is 4.79 Å². The van der Waals surface area contributed by atoms with Crippen LogP contribution in [0.4, 0.5) is 11.4 Å². The number of hydrogen-bond acceptors (Lipinski definition) is 4. The molecule has 0 saturated heterocycles. The maximum atomic E-state index is 12.0. The van der Waals surface area contributed by atoms with Gasteiger partial charge in [-0.25, -0.2) is 0 Å². The number of benzene rings is 1. The average Bonchev–Trinajstić information content (AvgIpc) is 2.39. The highest BCUT2D eigenvalue weighted by Gasteiger charge is 2.10. The first-order valence-electron chi connectivity index (χ1n) is 7.03. The summed E-state index contributed by atoms with van der Waals surface area (Å²) >= 11 is 0. The van der Waals surface area contributed by atoms with Gasteiger partial charge in [0, 0.05) is 24.5 Å². The van der Waals surface area contributed by atoms with Gasteiger partial charge in [-0.1, -0.05) is 6.92 Å². The van der Waals surface area contributed by atoms with Gasteiger partial charge in [-0.15, -0.1) is 0 Å². The largest absolute Gasteiger partial charge is 0.399 e. The predicted molar refractivity (Wildman–Crippen MR) is 84.8 cm³/mol. The quantitative estimate of drug-likeness (QED) is 0.707. The van der Waals surface area contributed by atoms with Gasteiger partial charge in [-0.2, -0.15) is 0 Å². The summed E-state index contributed by atoms with van der Waals surface area (Å²) in [6, 6.07) is 7.20. The molecule has 0 saturated carbocycles. The summed E-state index contributed by atoms with van der Waals surface area (Å²) < 4.78 is 0. The summed E-state index contributed by atoms with van der Waals surface area (Å²) in [7, 11) is 4.08. The molecule has 0 aliphatic carbocycles. The van der Waals surface area contributed by atoms with Crippen molar-refractivity contribution in [1.29, 1.82) is 0 Å². The highest BCUT2D eigenvalue weighted by Crippen LogP contribution is 2.10. The Morgan fingerprint density at radius 2 is 1.80 bits per heavy atom. The first-order chi connectivity index (χ1) is 9.51. The predicted octanol–water partition coefficient (Wildman–Crippen LogP) is 1.48. The van der Waals surface area contributed by atoms with Gasteiger partial charge in [0.15, 0.2) is 0 Å². The van der Waals surface area contributed by atoms with Crippen LogP contribution in [0.25, 0.3) is 0 Å². The summed E-state index contributed by atoms with van der Waals surface area (Å²) in [5.41, 5.74) is 7.10. The van der Waals surface area contributed by atoms with E-state index in [1.165, 1.54) is 0 Å². The number of rotatable bonds is 8. The molecule has 3 N–H and O–H groups in total. The second-order valence-corrected chi connectivity index (χ2v) is 5.25. The van der Waals surface area contributed by atoms with E-state index < -0.39 is 0 Å². The third-order valence-electron chi connectivity index (χ3n) is 2.96. The minimum atomic E-state index is 0.0157. The number of carbonyl (C=O) groups is 1. The maximum absolute atomic E-state index is 12.0. The molecule has 5 heteroatoms. The van der Waals surface area contributed by atoms with Crippen molar-refractivity contribution in [2.24, 2.45) is 0 Å². The molecule has 0 atom stereocenters. The molecule has 0 aliphatic heterocycles. The minimum Gasteiger partial charge on any atom is -0.399 e. The number of anilines is 2. The number of nitrogens with one attached hydrogen (secondary N) is 1. The molecule has 0 aliphatic rings. The lowest BCUT2D eigenvalue weighted by Gasteiger charge is -2.23. The standard InChI is InChI=1S/C15H26N4O/c1-4-9-19(11-10-18(2)3)12-15(20)17-14-7-5-13(16)6-8-14/h5-8H,4,9-12,16H2,1-3H3,(H,17,20). The fourth-order valence-electron chi connectivity index (χ4n) is 1.90. The van der Waals surface area contributed by atoms with Crippen molar-refractivity contribution in [2.75, 3.05) is 51.3 Å². The first-order valence-corrected chi connectivity index (χ1v) is 7.03. The van der Waals surface area contributed by atoms with Crippen LogP contribution in [-0.4, -0.2) is 56.0 Å². The SMILES string of the molecule is CCCN(CCN(C)C)CC(=O)Nc1ccc(N)cc1. The van der Waals surface area contributed by atoms with Crippen LogP contribution in [0, 0.1) is 0 Å². The van der Waals surface area contributed by atoms with E-state index in [-0.39, 0.29) is 5.91 Å². The molecule has 0 unspecified atom stereocenters. The van der Waals surface area contributed by atoms with E-state index in [0.29, 0.717) is 12.2 Å². The Hall–Kier alpha value is -1.59. The number of carbonyl (C=O) groups excluding carboxylic acids is 1. The van der Waals surface area contributed by atoms with E-state index in [2.05, 4.69) is 22.0 Å². The maximum Gasteiger partial charge on any atom is 0.238 e. The highest BCUT2D eigenvalue weighted by molar-refractivity contribution is 5.92. The summed E-state index contributed by atoms with van der Waals surface area (Å²) in [6.45, 7) is 5.33. The molecule has 1 aromatic rings. The van der Waals surface area contributed by atoms with Crippen molar-refractivity contribution in [1.82, 2.24) is 9.80 Å². The van der Waals surface area contributed by atoms with Crippen LogP contribution < -0.4 is 11.1 Å². The van der Waals surface area contributed by atoms with E-state index >= 15 is 0 Å². The zero-order valence-corrected chi connectivity index (χ0v) is 12.7. The Labute approximate surface area is 121 Å². The Morgan fingerprint density at radius 3 is 2.35 bits per heavy atom. The highest BCUT2D eigenvalue weighted by atomic mass is 16.2. The molecule has 0 bridgehead atoms. The number of likely N-dealkylation sites (N-methyl/N-ethyl adjacent to an activating group) is 1. The smallest absolute Gasteiger partial charge is 0.238 e. The van der Waals surface area contributed by atoms with E-state index in [9.17, 15) is 4.79 Å². The molecular formula is C15H26N4O. The van der Waals surface area contributed by atoms with Gasteiger partial charge >= 0.3 is 0 Å². The molecule has 1 amide bonds. The molecule has 0 radical (unpaired) electrons. The lowest BCUT2D eigenvalue weighted by atomic mass is 10.3. The van der Waals surface area contributed by atoms with Crippen molar-refractivity contribution < 1.29 is 4.79 Å². The average molecular weight is 278 g/mol. The number of nitrogens with two attached hydrogens (primary N) is 1. The fraction of sp³-hybridized carbons (Fsp3) is 0.533. The van der Waals surface area contributed by atoms with E-state index in [1.807, 2.05) is 26.2 Å². The second-order valence-electron chi connectivity index (χ2n) is 5.25. The van der Waals surface area contributed by atoms with Crippen LogP contribution in [0.5, 0.6) is 0 Å². The monoisotopic (exact) mass is 278 g/mol. The molecule has 0 aromatic heterocycles. The van der Waals surface area contributed by atoms with Gasteiger partial charge in [-0.05, 0) is 51.3 Å². The molecule has 0 spiro atoms. The van der Waals surface area contributed by atoms with Crippen LogP contribution in [0.3, 0.4) is 0 Å². The number of nitrogens with zero attached hydrogens (tertiary/aromatic N) is 2. The van der Waals surface area contributed by atoms with Crippen molar-refractivity contribution in [2.45, 2.75) is 13.3 Å². The van der Waals surface area contributed by atoms with Gasteiger partial charge in [0.25, 0.3) is 0 Å². The summed E-state index contributed by atoms with van der Waals surface area (Å²) in [5, 5.41) is 2.90. The second kappa shape index (κ2) is 8.55. The summed E-state index contributed by atoms with van der Waals surface area (Å²) in [4.78, 5) is 16.3. The van der Waals surface area contributed by atoms with Crippen LogP contribution in [0.1, 0.15) is 13.3 Å². The van der Waals surface area contributed by atoms with E-state index in [0.717, 1.165) is 31.7 Å². The van der Waals surface area contributed by atoms with Gasteiger partial charge in [-0.3, -0.25) is 9.69 Å². The van der Waals surface area contributed by atoms with Gasteiger partial charge < -0.3 is 16.0 Å². The van der Waals surface area contributed by atoms with Crippen LogP contribution >= 0.6 is 0 Å². The van der Waals surface area contributed by atoms with Gasteiger partial charge in [0.2, 0.25) is 5.91 Å². The van der Waals surface area contributed by atoms with Gasteiger partial charge in [0.05, 0.1) is 6.54 Å². The number of hydrogen-bond donors (Lipinski definition) is 2. The Kier molecular flexibility index (Phi) is 7.04. The lowest BCUT2D eigenvalue weighted by molar-refractivity contribution is -0.117. The number of nitrogen functional groups attached to an aromatic ring is 1. The topological polar surface area (TPSA) is 61.6 Å². The number of amides is 1. The normalized spacial score (nSPS) is 11.1. The van der Waals surface area contributed by atoms with Gasteiger partial charge in [0.1, 0.15) is 0 Å². The Morgan fingerprint density at radius 1 is 1.15 bits per heavy atom. The van der Waals surface area contributed by atoms with Crippen molar-refractivity contribution >= 4 is 17.3 Å². The third-order valence-corrected chi connectivity index (χ3v) is 2.96. The third kappa shape index (κ3) is 6.54. The van der Waals surface area contributed by atoms with E-state index in [1.54, 1.807) is 12.1 Å². The molecule has 0 heterocycles. The Balaban J connectivity index is 2.46. The fourth-order valence-corrected chi connectivity index (χ4v) is 1.90. The van der Waals surface area contributed by atoms with Crippen molar-refractivity contribution in [3.05, 3.63) is 24.3 Å². The zero-order chi connectivity index (χ0) is 15.0. The van der Waals surface area contributed by atoms with Crippen LogP contribution in [0.2, 0.25) is 0 Å². The van der Waals surface area contributed by atoms with E-state index in [4.69, 9.17) is 5.73 Å². The molecule has 5 nitrogen and oxygen atoms in total. The molecular weight excluding hydrogens is 252 g/mol. The summed E-state index contributed by atoms with van der Waals surface area (Å²) in [5.74, 6) is 0.0157. The molecule has 1 aromatic carbocycles. The van der Waals surface area contributed by atoms with Crippen molar-refractivity contribution in [3.8, 4) is 0 Å². The molecule has 112 valence electrons. The summed E-state index contributed by atoms with van der Waals surface area (Å²) in [6.07, 6.45) is 1.04.